The van der Waals surface area contributed by atoms with Crippen LogP contribution in [0.3, 0.4) is 0 Å². The molecule has 2 aromatic carbocycles. The molecule has 0 radical (unpaired) electrons. The van der Waals surface area contributed by atoms with E-state index < -0.39 is 26.6 Å². The lowest BCUT2D eigenvalue weighted by Gasteiger charge is -2.27. The molecule has 0 saturated heterocycles. The minimum atomic E-state index is -4.70. The molecule has 1 unspecified atom stereocenters. The van der Waals surface area contributed by atoms with Crippen LogP contribution in [0.2, 0.25) is 0 Å². The summed E-state index contributed by atoms with van der Waals surface area (Å²) >= 11 is 0. The molecule has 0 bridgehead atoms. The maximum atomic E-state index is 12.9. The van der Waals surface area contributed by atoms with Crippen molar-refractivity contribution in [1.82, 2.24) is 0 Å². The molecule has 32 heavy (non-hydrogen) atoms. The number of aliphatic hydroxyl groups is 1. The Balaban J connectivity index is 1.84. The van der Waals surface area contributed by atoms with Crippen LogP contribution in [0.15, 0.2) is 45.6 Å². The van der Waals surface area contributed by atoms with Crippen molar-refractivity contribution in [2.24, 2.45) is 5.73 Å². The lowest BCUT2D eigenvalue weighted by atomic mass is 9.93. The molecule has 9 nitrogen and oxygen atoms in total. The third-order valence-corrected chi connectivity index (χ3v) is 5.69. The molecule has 10 heteroatoms. The number of aliphatic hydroxyl groups excluding tert-OH is 1. The second-order valence-electron chi connectivity index (χ2n) is 7.91. The second-order valence-corrected chi connectivity index (χ2v) is 9.15. The predicted molar refractivity (Wildman–Crippen MR) is 121 cm³/mol. The van der Waals surface area contributed by atoms with E-state index in [4.69, 9.17) is 24.7 Å². The first-order chi connectivity index (χ1) is 15.1. The minimum absolute atomic E-state index is 0.147. The van der Waals surface area contributed by atoms with Crippen molar-refractivity contribution in [1.29, 1.82) is 0 Å². The van der Waals surface area contributed by atoms with E-state index in [9.17, 15) is 14.5 Å². The Kier molecular flexibility index (Phi) is 7.71. The normalized spacial score (nSPS) is 14.0. The van der Waals surface area contributed by atoms with E-state index in [-0.39, 0.29) is 11.8 Å². The maximum Gasteiger partial charge on any atom is 0.469 e. The van der Waals surface area contributed by atoms with Crippen LogP contribution in [-0.4, -0.2) is 40.3 Å². The van der Waals surface area contributed by atoms with Gasteiger partial charge in [-0.1, -0.05) is 19.4 Å². The number of phosphoric ester groups is 1. The van der Waals surface area contributed by atoms with Crippen LogP contribution < -0.4 is 15.9 Å². The molecule has 0 aliphatic carbocycles. The number of hydrogen-bond acceptors (Lipinski definition) is 7. The molecule has 1 atom stereocenters. The molecule has 174 valence electrons. The van der Waals surface area contributed by atoms with E-state index in [1.54, 1.807) is 36.4 Å². The Morgan fingerprint density at radius 3 is 2.47 bits per heavy atom. The molecule has 3 rings (SSSR count). The number of rotatable bonds is 11. The number of nitrogens with two attached hydrogens (primary N) is 1. The van der Waals surface area contributed by atoms with Gasteiger partial charge in [0.2, 0.25) is 5.43 Å². The summed E-state index contributed by atoms with van der Waals surface area (Å²) in [6, 6.07) is 10.3. The third kappa shape index (κ3) is 6.16. The van der Waals surface area contributed by atoms with Crippen molar-refractivity contribution in [3.63, 3.8) is 0 Å². The molecule has 0 spiro atoms. The standard InChI is InChI=1S/C22H28NO8P/c1-2-3-10-29-16-5-7-18-20(12-16)31-19-11-15(4-6-17(19)21(18)25)8-9-22(23,13-24)14-30-32(26,27)28/h4-7,11-12,24H,2-3,8-10,13-14,23H2,1H3,(H2,26,27,28). The molecule has 0 fully saturated rings. The van der Waals surface area contributed by atoms with Gasteiger partial charge >= 0.3 is 7.82 Å². The molecular formula is C22H28NO8P. The van der Waals surface area contributed by atoms with Crippen molar-refractivity contribution in [2.75, 3.05) is 19.8 Å². The van der Waals surface area contributed by atoms with Gasteiger partial charge in [-0.25, -0.2) is 4.57 Å². The fourth-order valence-electron chi connectivity index (χ4n) is 3.26. The van der Waals surface area contributed by atoms with E-state index in [0.717, 1.165) is 18.4 Å². The molecule has 0 aliphatic heterocycles. The van der Waals surface area contributed by atoms with Gasteiger partial charge in [0.1, 0.15) is 16.9 Å². The number of hydrogen-bond donors (Lipinski definition) is 4. The topological polar surface area (TPSA) is 152 Å². The van der Waals surface area contributed by atoms with Crippen LogP contribution in [0, 0.1) is 0 Å². The Bertz CT molecular complexity index is 1190. The molecule has 1 heterocycles. The molecule has 5 N–H and O–H groups in total. The van der Waals surface area contributed by atoms with Gasteiger partial charge in [0.05, 0.1) is 36.1 Å². The summed E-state index contributed by atoms with van der Waals surface area (Å²) in [6.45, 7) is 1.65. The maximum absolute atomic E-state index is 12.9. The lowest BCUT2D eigenvalue weighted by Crippen LogP contribution is -2.48. The number of unbranched alkanes of at least 4 members (excludes halogenated alkanes) is 1. The fraction of sp³-hybridized carbons (Fsp3) is 0.409. The Morgan fingerprint density at radius 2 is 1.81 bits per heavy atom. The van der Waals surface area contributed by atoms with Gasteiger partial charge in [0.25, 0.3) is 0 Å². The highest BCUT2D eigenvalue weighted by Crippen LogP contribution is 2.37. The number of phosphoric acid groups is 1. The fourth-order valence-corrected chi connectivity index (χ4v) is 3.68. The van der Waals surface area contributed by atoms with Crippen LogP contribution in [-0.2, 0) is 15.5 Å². The highest BCUT2D eigenvalue weighted by molar-refractivity contribution is 7.46. The van der Waals surface area contributed by atoms with Gasteiger partial charge < -0.3 is 29.8 Å². The average Bonchev–Trinajstić information content (AvgIpc) is 2.76. The Hall–Kier alpha value is -2.26. The lowest BCUT2D eigenvalue weighted by molar-refractivity contribution is 0.102. The zero-order valence-electron chi connectivity index (χ0n) is 17.8. The number of benzene rings is 2. The molecule has 0 amide bonds. The van der Waals surface area contributed by atoms with Gasteiger partial charge in [-0.3, -0.25) is 9.32 Å². The number of ether oxygens (including phenoxy) is 1. The predicted octanol–water partition coefficient (Wildman–Crippen LogP) is 2.86. The Labute approximate surface area is 185 Å². The summed E-state index contributed by atoms with van der Waals surface area (Å²) in [4.78, 5) is 30.6. The van der Waals surface area contributed by atoms with Gasteiger partial charge in [-0.2, -0.15) is 0 Å². The minimum Gasteiger partial charge on any atom is -0.493 e. The van der Waals surface area contributed by atoms with E-state index >= 15 is 0 Å². The summed E-state index contributed by atoms with van der Waals surface area (Å²) in [5.74, 6) is 0.630. The van der Waals surface area contributed by atoms with Crippen LogP contribution in [0.25, 0.3) is 21.9 Å². The van der Waals surface area contributed by atoms with Crippen LogP contribution >= 0.6 is 7.82 Å². The first-order valence-electron chi connectivity index (χ1n) is 10.4. The third-order valence-electron chi connectivity index (χ3n) is 5.22. The highest BCUT2D eigenvalue weighted by Gasteiger charge is 2.28. The zero-order chi connectivity index (χ0) is 23.4. The van der Waals surface area contributed by atoms with Crippen molar-refractivity contribution < 1.29 is 33.1 Å². The second kappa shape index (κ2) is 10.1. The summed E-state index contributed by atoms with van der Waals surface area (Å²) in [7, 11) is -4.70. The van der Waals surface area contributed by atoms with Crippen LogP contribution in [0.4, 0.5) is 0 Å². The largest absolute Gasteiger partial charge is 0.493 e. The van der Waals surface area contributed by atoms with Gasteiger partial charge in [-0.15, -0.1) is 0 Å². The monoisotopic (exact) mass is 465 g/mol. The Morgan fingerprint density at radius 1 is 1.12 bits per heavy atom. The average molecular weight is 465 g/mol. The van der Waals surface area contributed by atoms with Crippen LogP contribution in [0.5, 0.6) is 5.75 Å². The summed E-state index contributed by atoms with van der Waals surface area (Å²) < 4.78 is 27.1. The van der Waals surface area contributed by atoms with Crippen molar-refractivity contribution in [3.05, 3.63) is 52.2 Å². The van der Waals surface area contributed by atoms with E-state index in [2.05, 4.69) is 11.4 Å². The van der Waals surface area contributed by atoms with E-state index in [1.165, 1.54) is 0 Å². The first kappa shape index (κ1) is 24.4. The van der Waals surface area contributed by atoms with Crippen molar-refractivity contribution in [2.45, 2.75) is 38.1 Å². The SMILES string of the molecule is CCCCOc1ccc2c(=O)c3ccc(CCC(N)(CO)COP(=O)(O)O)cc3oc2c1. The quantitative estimate of drug-likeness (QED) is 0.190. The summed E-state index contributed by atoms with van der Waals surface area (Å²) in [5.41, 5.74) is 6.17. The van der Waals surface area contributed by atoms with Crippen molar-refractivity contribution in [3.8, 4) is 5.75 Å². The summed E-state index contributed by atoms with van der Waals surface area (Å²) in [6.07, 6.45) is 2.52. The van der Waals surface area contributed by atoms with E-state index in [1.807, 2.05) is 0 Å². The molecule has 0 aliphatic rings. The highest BCUT2D eigenvalue weighted by atomic mass is 31.2. The van der Waals surface area contributed by atoms with Gasteiger partial charge in [0, 0.05) is 6.07 Å². The molecule has 3 aromatic rings. The molecule has 1 aromatic heterocycles. The molecular weight excluding hydrogens is 437 g/mol. The van der Waals surface area contributed by atoms with Crippen LogP contribution in [0.1, 0.15) is 31.7 Å². The summed E-state index contributed by atoms with van der Waals surface area (Å²) in [5, 5.41) is 10.5. The van der Waals surface area contributed by atoms with Crippen molar-refractivity contribution >= 4 is 29.8 Å². The zero-order valence-corrected chi connectivity index (χ0v) is 18.7. The number of fused-ring (bicyclic) bond motifs is 2. The van der Waals surface area contributed by atoms with E-state index in [0.29, 0.717) is 40.7 Å². The smallest absolute Gasteiger partial charge is 0.469 e. The first-order valence-corrected chi connectivity index (χ1v) is 11.9. The van der Waals surface area contributed by atoms with Gasteiger partial charge in [0.15, 0.2) is 0 Å². The van der Waals surface area contributed by atoms with Gasteiger partial charge in [-0.05, 0) is 49.1 Å². The molecule has 0 saturated carbocycles. The number of aryl methyl sites for hydroxylation is 1.